The molecule has 1 unspecified atom stereocenters. The molecule has 0 aromatic carbocycles. The van der Waals surface area contributed by atoms with Crippen LogP contribution in [0.3, 0.4) is 0 Å². The molecule has 4 nitrogen and oxygen atoms in total. The molecule has 2 N–H and O–H groups in total. The molecule has 14 heavy (non-hydrogen) atoms. The first kappa shape index (κ1) is 11.1. The van der Waals surface area contributed by atoms with Gasteiger partial charge in [0, 0.05) is 6.54 Å². The van der Waals surface area contributed by atoms with Crippen molar-refractivity contribution in [3.8, 4) is 0 Å². The Balaban J connectivity index is 2.79. The van der Waals surface area contributed by atoms with Gasteiger partial charge in [0.25, 0.3) is 5.91 Å². The van der Waals surface area contributed by atoms with Gasteiger partial charge in [0.1, 0.15) is 6.04 Å². The Morgan fingerprint density at radius 1 is 1.71 bits per heavy atom. The average molecular weight is 214 g/mol. The summed E-state index contributed by atoms with van der Waals surface area (Å²) in [5.74, 6) is -0.651. The molecular formula is C9H14N2O2S. The van der Waals surface area contributed by atoms with E-state index in [2.05, 4.69) is 0 Å². The van der Waals surface area contributed by atoms with Gasteiger partial charge in [-0.05, 0) is 19.3 Å². The van der Waals surface area contributed by atoms with Crippen LogP contribution in [0, 0.1) is 0 Å². The maximum Gasteiger partial charge on any atom is 0.261 e. The number of carbonyl (C=O) groups excluding carboxylic acids is 2. The van der Waals surface area contributed by atoms with Gasteiger partial charge < -0.3 is 10.6 Å². The molecule has 0 aromatic rings. The summed E-state index contributed by atoms with van der Waals surface area (Å²) in [6.45, 7) is 2.42. The van der Waals surface area contributed by atoms with Crippen LogP contribution in [0.4, 0.5) is 0 Å². The van der Waals surface area contributed by atoms with Crippen molar-refractivity contribution in [2.45, 2.75) is 32.2 Å². The molecule has 0 spiro atoms. The number of nitrogens with zero attached hydrogens (tertiary/aromatic N) is 1. The number of thiocarbonyl (C=S) groups is 1. The molecule has 1 aliphatic heterocycles. The van der Waals surface area contributed by atoms with Crippen LogP contribution in [0.25, 0.3) is 0 Å². The normalized spacial score (nSPS) is 19.6. The highest BCUT2D eigenvalue weighted by atomic mass is 32.1. The number of primary amides is 1. The molecule has 78 valence electrons. The van der Waals surface area contributed by atoms with Crippen molar-refractivity contribution < 1.29 is 9.59 Å². The predicted molar refractivity (Wildman–Crippen MR) is 56.8 cm³/mol. The molecule has 5 heteroatoms. The second kappa shape index (κ2) is 4.50. The van der Waals surface area contributed by atoms with E-state index in [1.54, 1.807) is 0 Å². The molecule has 0 saturated carbocycles. The minimum Gasteiger partial charge on any atom is -0.368 e. The Hall–Kier alpha value is -0.970. The Labute approximate surface area is 88.4 Å². The topological polar surface area (TPSA) is 63.4 Å². The smallest absolute Gasteiger partial charge is 0.261 e. The van der Waals surface area contributed by atoms with Gasteiger partial charge in [-0.25, -0.2) is 0 Å². The SMILES string of the molecule is CCC(C(N)=O)N1CCCC(=S)C1=O. The van der Waals surface area contributed by atoms with E-state index in [9.17, 15) is 9.59 Å². The minimum atomic E-state index is -0.499. The second-order valence-corrected chi connectivity index (χ2v) is 3.84. The summed E-state index contributed by atoms with van der Waals surface area (Å²) in [6.07, 6.45) is 2.03. The van der Waals surface area contributed by atoms with Gasteiger partial charge in [0.2, 0.25) is 5.91 Å². The van der Waals surface area contributed by atoms with E-state index in [1.165, 1.54) is 4.90 Å². The molecule has 1 saturated heterocycles. The first-order valence-electron chi connectivity index (χ1n) is 4.71. The maximum absolute atomic E-state index is 11.6. The summed E-state index contributed by atoms with van der Waals surface area (Å²) < 4.78 is 0. The zero-order valence-electron chi connectivity index (χ0n) is 8.16. The van der Waals surface area contributed by atoms with Gasteiger partial charge in [-0.2, -0.15) is 0 Å². The molecule has 1 fully saturated rings. The minimum absolute atomic E-state index is 0.197. The highest BCUT2D eigenvalue weighted by molar-refractivity contribution is 7.82. The fourth-order valence-electron chi connectivity index (χ4n) is 1.65. The number of piperidine rings is 1. The van der Waals surface area contributed by atoms with E-state index in [0.717, 1.165) is 6.42 Å². The Kier molecular flexibility index (Phi) is 3.57. The summed E-state index contributed by atoms with van der Waals surface area (Å²) in [5, 5.41) is 0. The maximum atomic E-state index is 11.6. The van der Waals surface area contributed by atoms with Crippen molar-refractivity contribution >= 4 is 28.9 Å². The van der Waals surface area contributed by atoms with E-state index in [-0.39, 0.29) is 5.91 Å². The number of nitrogens with two attached hydrogens (primary N) is 1. The number of rotatable bonds is 3. The van der Waals surface area contributed by atoms with Crippen molar-refractivity contribution in [2.24, 2.45) is 5.73 Å². The summed E-state index contributed by atoms with van der Waals surface area (Å²) in [4.78, 5) is 24.6. The molecular weight excluding hydrogens is 200 g/mol. The van der Waals surface area contributed by atoms with Crippen LogP contribution in [0.15, 0.2) is 0 Å². The quantitative estimate of drug-likeness (QED) is 0.685. The number of carbonyl (C=O) groups is 2. The van der Waals surface area contributed by atoms with Crippen LogP contribution in [-0.4, -0.2) is 34.2 Å². The van der Waals surface area contributed by atoms with Gasteiger partial charge >= 0.3 is 0 Å². The van der Waals surface area contributed by atoms with E-state index >= 15 is 0 Å². The number of amides is 2. The third kappa shape index (κ3) is 2.09. The van der Waals surface area contributed by atoms with Crippen LogP contribution >= 0.6 is 12.2 Å². The highest BCUT2D eigenvalue weighted by Crippen LogP contribution is 2.14. The largest absolute Gasteiger partial charge is 0.368 e. The van der Waals surface area contributed by atoms with E-state index in [0.29, 0.717) is 24.3 Å². The highest BCUT2D eigenvalue weighted by Gasteiger charge is 2.31. The second-order valence-electron chi connectivity index (χ2n) is 3.35. The molecule has 1 aliphatic rings. The van der Waals surface area contributed by atoms with Crippen LogP contribution in [0.5, 0.6) is 0 Å². The molecule has 0 aliphatic carbocycles. The predicted octanol–water partition coefficient (Wildman–Crippen LogP) is 0.243. The van der Waals surface area contributed by atoms with E-state index in [1.807, 2.05) is 6.92 Å². The van der Waals surface area contributed by atoms with Crippen molar-refractivity contribution in [1.29, 1.82) is 0 Å². The van der Waals surface area contributed by atoms with E-state index < -0.39 is 11.9 Å². The van der Waals surface area contributed by atoms with Crippen LogP contribution in [0.2, 0.25) is 0 Å². The third-order valence-electron chi connectivity index (χ3n) is 2.39. The lowest BCUT2D eigenvalue weighted by Crippen LogP contribution is -2.52. The summed E-state index contributed by atoms with van der Waals surface area (Å²) in [5.41, 5.74) is 5.21. The van der Waals surface area contributed by atoms with Crippen molar-refractivity contribution in [2.75, 3.05) is 6.54 Å². The Morgan fingerprint density at radius 3 is 2.86 bits per heavy atom. The fourth-order valence-corrected chi connectivity index (χ4v) is 1.91. The Bertz CT molecular complexity index is 278. The zero-order valence-corrected chi connectivity index (χ0v) is 8.97. The van der Waals surface area contributed by atoms with Crippen molar-refractivity contribution in [3.05, 3.63) is 0 Å². The van der Waals surface area contributed by atoms with Crippen LogP contribution in [0.1, 0.15) is 26.2 Å². The lowest BCUT2D eigenvalue weighted by atomic mass is 10.1. The standard InChI is InChI=1S/C9H14N2O2S/c1-2-6(8(10)12)11-5-3-4-7(14)9(11)13/h6H,2-5H2,1H3,(H2,10,12). The zero-order chi connectivity index (χ0) is 10.7. The lowest BCUT2D eigenvalue weighted by Gasteiger charge is -2.32. The molecule has 1 rings (SSSR count). The van der Waals surface area contributed by atoms with Crippen molar-refractivity contribution in [1.82, 2.24) is 4.90 Å². The number of likely N-dealkylation sites (tertiary alicyclic amines) is 1. The summed E-state index contributed by atoms with van der Waals surface area (Å²) in [7, 11) is 0. The van der Waals surface area contributed by atoms with Gasteiger partial charge in [-0.3, -0.25) is 9.59 Å². The van der Waals surface area contributed by atoms with Gasteiger partial charge in [0.05, 0.1) is 4.86 Å². The number of hydrogen-bond donors (Lipinski definition) is 1. The van der Waals surface area contributed by atoms with E-state index in [4.69, 9.17) is 18.0 Å². The van der Waals surface area contributed by atoms with Crippen LogP contribution < -0.4 is 5.73 Å². The lowest BCUT2D eigenvalue weighted by molar-refractivity contribution is -0.135. The number of hydrogen-bond acceptors (Lipinski definition) is 3. The first-order chi connectivity index (χ1) is 6.57. The first-order valence-corrected chi connectivity index (χ1v) is 5.11. The molecule has 0 aromatic heterocycles. The monoisotopic (exact) mass is 214 g/mol. The van der Waals surface area contributed by atoms with Gasteiger partial charge in [0.15, 0.2) is 0 Å². The average Bonchev–Trinajstić information content (AvgIpc) is 2.13. The van der Waals surface area contributed by atoms with Gasteiger partial charge in [-0.1, -0.05) is 19.1 Å². The van der Waals surface area contributed by atoms with Gasteiger partial charge in [-0.15, -0.1) is 0 Å². The molecule has 0 radical (unpaired) electrons. The Morgan fingerprint density at radius 2 is 2.36 bits per heavy atom. The molecule has 2 amide bonds. The fraction of sp³-hybridized carbons (Fsp3) is 0.667. The van der Waals surface area contributed by atoms with Crippen LogP contribution in [-0.2, 0) is 9.59 Å². The molecule has 1 atom stereocenters. The van der Waals surface area contributed by atoms with Crippen molar-refractivity contribution in [3.63, 3.8) is 0 Å². The molecule has 1 heterocycles. The third-order valence-corrected chi connectivity index (χ3v) is 2.77. The molecule has 0 bridgehead atoms. The summed E-state index contributed by atoms with van der Waals surface area (Å²) >= 11 is 4.92. The summed E-state index contributed by atoms with van der Waals surface area (Å²) in [6, 6.07) is -0.499.